The summed E-state index contributed by atoms with van der Waals surface area (Å²) in [4.78, 5) is 0. The minimum absolute atomic E-state index is 0.519. The van der Waals surface area contributed by atoms with Crippen LogP contribution in [0.1, 0.15) is 45.6 Å². The Bertz CT molecular complexity index is 1150. The van der Waals surface area contributed by atoms with Gasteiger partial charge in [0.15, 0.2) is 0 Å². The van der Waals surface area contributed by atoms with Crippen LogP contribution < -0.4 is 0 Å². The van der Waals surface area contributed by atoms with Gasteiger partial charge in [-0.15, -0.1) is 0 Å². The fourth-order valence-corrected chi connectivity index (χ4v) is 5.79. The summed E-state index contributed by atoms with van der Waals surface area (Å²) in [5.74, 6) is 0. The summed E-state index contributed by atoms with van der Waals surface area (Å²) >= 11 is 33.7. The second-order valence-electron chi connectivity index (χ2n) is 7.92. The third kappa shape index (κ3) is 6.27. The average molecular weight is 674 g/mol. The van der Waals surface area contributed by atoms with Crippen LogP contribution in [0.15, 0.2) is 84.9 Å². The van der Waals surface area contributed by atoms with Crippen LogP contribution in [0.25, 0.3) is 0 Å². The first kappa shape index (κ1) is 27.0. The van der Waals surface area contributed by atoms with E-state index in [2.05, 4.69) is 31.9 Å². The van der Waals surface area contributed by atoms with Crippen molar-refractivity contribution in [3.05, 3.63) is 138 Å². The average Bonchev–Trinajstić information content (AvgIpc) is 2.87. The Morgan fingerprint density at radius 2 is 0.829 bits per heavy atom. The maximum absolute atomic E-state index is 6.90. The van der Waals surface area contributed by atoms with Crippen LogP contribution in [0, 0.1) is 0 Å². The van der Waals surface area contributed by atoms with E-state index in [-0.39, 0.29) is 0 Å². The topological polar surface area (TPSA) is 9.23 Å². The first-order chi connectivity index (χ1) is 16.9. The lowest BCUT2D eigenvalue weighted by molar-refractivity contribution is 0.0310. The molecule has 0 saturated carbocycles. The standard InChI is InChI=1S/C28H20Br2Cl4O/c29-15-17-7-11-19(12-8-17)27(25-21(31)3-1-4-22(25)32)35-28(20-13-9-18(16-30)10-14-20)26-23(33)5-2-6-24(26)34/h1-14,27-28H,15-16H2. The second kappa shape index (κ2) is 12.5. The smallest absolute Gasteiger partial charge is 0.112 e. The summed E-state index contributed by atoms with van der Waals surface area (Å²) in [6.07, 6.45) is -1.15. The van der Waals surface area contributed by atoms with Gasteiger partial charge in [-0.3, -0.25) is 0 Å². The molecular formula is C28H20Br2Cl4O. The molecule has 0 fully saturated rings. The summed E-state index contributed by atoms with van der Waals surface area (Å²) in [5.41, 5.74) is 5.49. The van der Waals surface area contributed by atoms with Gasteiger partial charge in [0.1, 0.15) is 12.2 Å². The molecule has 0 N–H and O–H groups in total. The molecule has 35 heavy (non-hydrogen) atoms. The van der Waals surface area contributed by atoms with Gasteiger partial charge in [-0.05, 0) is 46.5 Å². The van der Waals surface area contributed by atoms with Gasteiger partial charge in [-0.1, -0.05) is 139 Å². The van der Waals surface area contributed by atoms with Crippen molar-refractivity contribution in [1.29, 1.82) is 0 Å². The Labute approximate surface area is 242 Å². The third-order valence-electron chi connectivity index (χ3n) is 5.67. The number of hydrogen-bond donors (Lipinski definition) is 0. The van der Waals surface area contributed by atoms with Gasteiger partial charge >= 0.3 is 0 Å². The lowest BCUT2D eigenvalue weighted by Crippen LogP contribution is -2.15. The van der Waals surface area contributed by atoms with Gasteiger partial charge in [0.2, 0.25) is 0 Å². The zero-order chi connectivity index (χ0) is 24.9. The summed E-state index contributed by atoms with van der Waals surface area (Å²) < 4.78 is 6.90. The molecule has 2 atom stereocenters. The largest absolute Gasteiger partial charge is 0.356 e. The van der Waals surface area contributed by atoms with E-state index in [9.17, 15) is 0 Å². The van der Waals surface area contributed by atoms with E-state index in [0.29, 0.717) is 31.2 Å². The zero-order valence-corrected chi connectivity index (χ0v) is 24.5. The molecule has 0 bridgehead atoms. The molecule has 2 unspecified atom stereocenters. The van der Waals surface area contributed by atoms with E-state index in [1.54, 1.807) is 0 Å². The molecule has 0 saturated heterocycles. The number of ether oxygens (including phenoxy) is 1. The van der Waals surface area contributed by atoms with Crippen molar-refractivity contribution in [2.45, 2.75) is 22.9 Å². The Morgan fingerprint density at radius 3 is 1.11 bits per heavy atom. The van der Waals surface area contributed by atoms with Gasteiger partial charge in [-0.25, -0.2) is 0 Å². The SMILES string of the molecule is Clc1cccc(Cl)c1C(OC(c1ccc(CBr)cc1)c1c(Cl)cccc1Cl)c1ccc(CBr)cc1. The molecule has 7 heteroatoms. The van der Waals surface area contributed by atoms with Crippen molar-refractivity contribution in [2.75, 3.05) is 0 Å². The van der Waals surface area contributed by atoms with Crippen molar-refractivity contribution >= 4 is 78.3 Å². The van der Waals surface area contributed by atoms with E-state index < -0.39 is 12.2 Å². The van der Waals surface area contributed by atoms with Crippen molar-refractivity contribution < 1.29 is 4.74 Å². The van der Waals surface area contributed by atoms with E-state index in [4.69, 9.17) is 51.1 Å². The van der Waals surface area contributed by atoms with Crippen LogP contribution in [-0.4, -0.2) is 0 Å². The third-order valence-corrected chi connectivity index (χ3v) is 8.28. The van der Waals surface area contributed by atoms with Crippen LogP contribution >= 0.6 is 78.3 Å². The van der Waals surface area contributed by atoms with E-state index in [0.717, 1.165) is 32.9 Å². The molecule has 0 spiro atoms. The molecule has 0 heterocycles. The van der Waals surface area contributed by atoms with Crippen LogP contribution in [0.3, 0.4) is 0 Å². The molecule has 0 aliphatic heterocycles. The molecule has 0 aliphatic rings. The fraction of sp³-hybridized carbons (Fsp3) is 0.143. The Balaban J connectivity index is 1.89. The van der Waals surface area contributed by atoms with Crippen LogP contribution in [0.2, 0.25) is 20.1 Å². The maximum atomic E-state index is 6.90. The number of benzene rings is 4. The number of halogens is 6. The quantitative estimate of drug-likeness (QED) is 0.169. The molecule has 4 aromatic carbocycles. The molecule has 0 aliphatic carbocycles. The molecule has 0 amide bonds. The predicted octanol–water partition coefficient (Wildman–Crippen LogP) is 11.0. The highest BCUT2D eigenvalue weighted by atomic mass is 79.9. The lowest BCUT2D eigenvalue weighted by atomic mass is 9.96. The number of hydrogen-bond acceptors (Lipinski definition) is 1. The lowest BCUT2D eigenvalue weighted by Gasteiger charge is -2.29. The maximum Gasteiger partial charge on any atom is 0.112 e. The summed E-state index contributed by atoms with van der Waals surface area (Å²) in [6.45, 7) is 0. The highest BCUT2D eigenvalue weighted by molar-refractivity contribution is 9.08. The molecule has 0 radical (unpaired) electrons. The minimum Gasteiger partial charge on any atom is -0.356 e. The zero-order valence-electron chi connectivity index (χ0n) is 18.3. The van der Waals surface area contributed by atoms with Crippen LogP contribution in [0.4, 0.5) is 0 Å². The second-order valence-corrected chi connectivity index (χ2v) is 10.7. The first-order valence-corrected chi connectivity index (χ1v) is 14.5. The van der Waals surface area contributed by atoms with Crippen LogP contribution in [-0.2, 0) is 15.4 Å². The van der Waals surface area contributed by atoms with E-state index >= 15 is 0 Å². The van der Waals surface area contributed by atoms with Gasteiger partial charge in [0, 0.05) is 41.9 Å². The Morgan fingerprint density at radius 1 is 0.514 bits per heavy atom. The number of alkyl halides is 2. The van der Waals surface area contributed by atoms with Gasteiger partial charge < -0.3 is 4.74 Å². The molecule has 0 aromatic heterocycles. The van der Waals surface area contributed by atoms with Crippen LogP contribution in [0.5, 0.6) is 0 Å². The van der Waals surface area contributed by atoms with Crippen molar-refractivity contribution in [3.8, 4) is 0 Å². The van der Waals surface area contributed by atoms with E-state index in [1.807, 2.05) is 84.9 Å². The van der Waals surface area contributed by atoms with E-state index in [1.165, 1.54) is 0 Å². The normalized spacial score (nSPS) is 13.0. The van der Waals surface area contributed by atoms with Crippen molar-refractivity contribution in [1.82, 2.24) is 0 Å². The summed E-state index contributed by atoms with van der Waals surface area (Å²) in [6, 6.07) is 27.2. The van der Waals surface area contributed by atoms with Gasteiger partial charge in [-0.2, -0.15) is 0 Å². The van der Waals surface area contributed by atoms with Gasteiger partial charge in [0.05, 0.1) is 0 Å². The summed E-state index contributed by atoms with van der Waals surface area (Å²) in [7, 11) is 0. The van der Waals surface area contributed by atoms with Crippen molar-refractivity contribution in [3.63, 3.8) is 0 Å². The highest BCUT2D eigenvalue weighted by Gasteiger charge is 2.29. The predicted molar refractivity (Wildman–Crippen MR) is 156 cm³/mol. The van der Waals surface area contributed by atoms with Gasteiger partial charge in [0.25, 0.3) is 0 Å². The Kier molecular flexibility index (Phi) is 9.62. The Hall–Kier alpha value is -1.04. The number of rotatable bonds is 8. The molecule has 4 aromatic rings. The monoisotopic (exact) mass is 670 g/mol. The van der Waals surface area contributed by atoms with Crippen molar-refractivity contribution in [2.24, 2.45) is 0 Å². The summed E-state index contributed by atoms with van der Waals surface area (Å²) in [5, 5.41) is 3.58. The molecule has 180 valence electrons. The first-order valence-electron chi connectivity index (χ1n) is 10.8. The highest BCUT2D eigenvalue weighted by Crippen LogP contribution is 2.44. The molecule has 1 nitrogen and oxygen atoms in total. The fourth-order valence-electron chi connectivity index (χ4n) is 3.85. The molecule has 4 rings (SSSR count). The molecular weight excluding hydrogens is 654 g/mol. The minimum atomic E-state index is -0.575.